The summed E-state index contributed by atoms with van der Waals surface area (Å²) in [6, 6.07) is -0.0261. The molecule has 0 spiro atoms. The first-order valence-corrected chi connectivity index (χ1v) is 5.51. The van der Waals surface area contributed by atoms with Gasteiger partial charge in [0.05, 0.1) is 18.4 Å². The summed E-state index contributed by atoms with van der Waals surface area (Å²) < 4.78 is 6.90. The number of ether oxygens (including phenoxy) is 1. The molecule has 2 N–H and O–H groups in total. The third kappa shape index (κ3) is 2.36. The van der Waals surface area contributed by atoms with E-state index in [1.807, 2.05) is 20.8 Å². The van der Waals surface area contributed by atoms with Gasteiger partial charge in [-0.05, 0) is 20.4 Å². The van der Waals surface area contributed by atoms with E-state index in [-0.39, 0.29) is 6.04 Å². The molecular formula is C11H21N3O2. The molecule has 0 fully saturated rings. The monoisotopic (exact) mass is 227 g/mol. The second kappa shape index (κ2) is 5.32. The summed E-state index contributed by atoms with van der Waals surface area (Å²) in [6.07, 6.45) is -0.608. The van der Waals surface area contributed by atoms with Crippen molar-refractivity contribution in [1.82, 2.24) is 15.1 Å². The lowest BCUT2D eigenvalue weighted by Crippen LogP contribution is -2.32. The fraction of sp³-hybridized carbons (Fsp3) is 0.727. The molecule has 0 saturated carbocycles. The first-order valence-electron chi connectivity index (χ1n) is 5.51. The van der Waals surface area contributed by atoms with Crippen molar-refractivity contribution < 1.29 is 9.84 Å². The molecule has 1 aromatic rings. The fourth-order valence-electron chi connectivity index (χ4n) is 1.92. The predicted molar refractivity (Wildman–Crippen MR) is 62.6 cm³/mol. The van der Waals surface area contributed by atoms with E-state index in [2.05, 4.69) is 10.4 Å². The minimum Gasteiger partial charge on any atom is -0.481 e. The van der Waals surface area contributed by atoms with Gasteiger partial charge >= 0.3 is 0 Å². The molecule has 0 aliphatic carbocycles. The zero-order valence-electron chi connectivity index (χ0n) is 10.6. The van der Waals surface area contributed by atoms with E-state index in [4.69, 9.17) is 4.74 Å². The highest BCUT2D eigenvalue weighted by Gasteiger charge is 2.25. The molecule has 0 aliphatic rings. The SMILES string of the molecule is CCNC(C)C(O)c1c(C)nn(C)c1OC. The fourth-order valence-corrected chi connectivity index (χ4v) is 1.92. The summed E-state index contributed by atoms with van der Waals surface area (Å²) in [7, 11) is 3.39. The van der Waals surface area contributed by atoms with E-state index in [0.717, 1.165) is 17.8 Å². The number of hydrogen-bond acceptors (Lipinski definition) is 4. The van der Waals surface area contributed by atoms with Crippen molar-refractivity contribution in [3.63, 3.8) is 0 Å². The third-order valence-electron chi connectivity index (χ3n) is 2.70. The van der Waals surface area contributed by atoms with Crippen molar-refractivity contribution in [3.05, 3.63) is 11.3 Å². The molecule has 5 nitrogen and oxygen atoms in total. The van der Waals surface area contributed by atoms with Crippen LogP contribution in [0.15, 0.2) is 0 Å². The van der Waals surface area contributed by atoms with Gasteiger partial charge in [0.1, 0.15) is 6.10 Å². The first kappa shape index (κ1) is 13.0. The lowest BCUT2D eigenvalue weighted by Gasteiger charge is -2.20. The van der Waals surface area contributed by atoms with Gasteiger partial charge in [0.25, 0.3) is 0 Å². The molecule has 16 heavy (non-hydrogen) atoms. The van der Waals surface area contributed by atoms with E-state index >= 15 is 0 Å². The van der Waals surface area contributed by atoms with E-state index in [9.17, 15) is 5.11 Å². The molecule has 0 aliphatic heterocycles. The number of hydrogen-bond donors (Lipinski definition) is 2. The summed E-state index contributed by atoms with van der Waals surface area (Å²) in [5, 5.41) is 17.7. The van der Waals surface area contributed by atoms with Crippen LogP contribution in [0.2, 0.25) is 0 Å². The molecule has 0 amide bonds. The topological polar surface area (TPSA) is 59.3 Å². The Bertz CT molecular complexity index is 349. The zero-order chi connectivity index (χ0) is 12.3. The van der Waals surface area contributed by atoms with Crippen molar-refractivity contribution in [2.75, 3.05) is 13.7 Å². The number of rotatable bonds is 5. The van der Waals surface area contributed by atoms with Gasteiger partial charge in [-0.25, -0.2) is 4.68 Å². The second-order valence-electron chi connectivity index (χ2n) is 3.92. The summed E-state index contributed by atoms with van der Waals surface area (Å²) in [6.45, 7) is 6.65. The number of methoxy groups -OCH3 is 1. The number of nitrogens with one attached hydrogen (secondary N) is 1. The number of aliphatic hydroxyl groups is 1. The minimum absolute atomic E-state index is 0.0261. The molecule has 1 aromatic heterocycles. The van der Waals surface area contributed by atoms with Crippen LogP contribution < -0.4 is 10.1 Å². The van der Waals surface area contributed by atoms with Gasteiger partial charge in [0.15, 0.2) is 0 Å². The van der Waals surface area contributed by atoms with Crippen LogP contribution in [0.3, 0.4) is 0 Å². The average Bonchev–Trinajstić information content (AvgIpc) is 2.52. The van der Waals surface area contributed by atoms with Gasteiger partial charge in [-0.15, -0.1) is 0 Å². The van der Waals surface area contributed by atoms with Crippen molar-refractivity contribution in [3.8, 4) is 5.88 Å². The molecule has 2 atom stereocenters. The highest BCUT2D eigenvalue weighted by Crippen LogP contribution is 2.29. The summed E-state index contributed by atoms with van der Waals surface area (Å²) in [4.78, 5) is 0. The van der Waals surface area contributed by atoms with Crippen LogP contribution in [-0.4, -0.2) is 34.6 Å². The summed E-state index contributed by atoms with van der Waals surface area (Å²) >= 11 is 0. The van der Waals surface area contributed by atoms with E-state index in [1.54, 1.807) is 18.8 Å². The van der Waals surface area contributed by atoms with Gasteiger partial charge < -0.3 is 15.2 Å². The van der Waals surface area contributed by atoms with Gasteiger partial charge in [-0.2, -0.15) is 5.10 Å². The molecule has 0 bridgehead atoms. The normalized spacial score (nSPS) is 14.9. The highest BCUT2D eigenvalue weighted by molar-refractivity contribution is 5.34. The number of aromatic nitrogens is 2. The van der Waals surface area contributed by atoms with Crippen molar-refractivity contribution in [2.45, 2.75) is 32.9 Å². The number of likely N-dealkylation sites (N-methyl/N-ethyl adjacent to an activating group) is 1. The Balaban J connectivity index is 3.02. The summed E-state index contributed by atoms with van der Waals surface area (Å²) in [5.41, 5.74) is 1.56. The van der Waals surface area contributed by atoms with E-state index in [0.29, 0.717) is 5.88 Å². The largest absolute Gasteiger partial charge is 0.481 e. The molecular weight excluding hydrogens is 206 g/mol. The van der Waals surface area contributed by atoms with Crippen LogP contribution in [0.4, 0.5) is 0 Å². The van der Waals surface area contributed by atoms with Gasteiger partial charge in [-0.1, -0.05) is 6.92 Å². The standard InChI is InChI=1S/C11H21N3O2/c1-6-12-8(3)10(15)9-7(2)13-14(4)11(9)16-5/h8,10,12,15H,6H2,1-5H3. The minimum atomic E-state index is -0.608. The molecule has 2 unspecified atom stereocenters. The maximum atomic E-state index is 10.2. The second-order valence-corrected chi connectivity index (χ2v) is 3.92. The number of aryl methyl sites for hydroxylation is 2. The maximum absolute atomic E-state index is 10.2. The van der Waals surface area contributed by atoms with Gasteiger partial charge in [-0.3, -0.25) is 0 Å². The van der Waals surface area contributed by atoms with Gasteiger partial charge in [0.2, 0.25) is 5.88 Å². The highest BCUT2D eigenvalue weighted by atomic mass is 16.5. The van der Waals surface area contributed by atoms with Gasteiger partial charge in [0, 0.05) is 13.1 Å². The maximum Gasteiger partial charge on any atom is 0.217 e. The smallest absolute Gasteiger partial charge is 0.217 e. The summed E-state index contributed by atoms with van der Waals surface area (Å²) in [5.74, 6) is 0.620. The average molecular weight is 227 g/mol. The van der Waals surface area contributed by atoms with Crippen LogP contribution in [0.25, 0.3) is 0 Å². The lowest BCUT2D eigenvalue weighted by molar-refractivity contribution is 0.132. The Hall–Kier alpha value is -1.07. The predicted octanol–water partition coefficient (Wildman–Crippen LogP) is 0.769. The number of aliphatic hydroxyl groups excluding tert-OH is 1. The zero-order valence-corrected chi connectivity index (χ0v) is 10.6. The Morgan fingerprint density at radius 2 is 2.19 bits per heavy atom. The first-order chi connectivity index (χ1) is 7.52. The van der Waals surface area contributed by atoms with Crippen LogP contribution in [0.5, 0.6) is 5.88 Å². The van der Waals surface area contributed by atoms with E-state index in [1.165, 1.54) is 0 Å². The molecule has 92 valence electrons. The Morgan fingerprint density at radius 1 is 1.56 bits per heavy atom. The molecule has 5 heteroatoms. The van der Waals surface area contributed by atoms with Crippen molar-refractivity contribution in [2.24, 2.45) is 7.05 Å². The van der Waals surface area contributed by atoms with Crippen molar-refractivity contribution >= 4 is 0 Å². The Morgan fingerprint density at radius 3 is 2.69 bits per heavy atom. The van der Waals surface area contributed by atoms with E-state index < -0.39 is 6.10 Å². The Kier molecular flexibility index (Phi) is 4.32. The number of nitrogens with zero attached hydrogens (tertiary/aromatic N) is 2. The Labute approximate surface area is 96.4 Å². The van der Waals surface area contributed by atoms with Crippen LogP contribution in [0.1, 0.15) is 31.2 Å². The quantitative estimate of drug-likeness (QED) is 0.780. The van der Waals surface area contributed by atoms with Crippen molar-refractivity contribution in [1.29, 1.82) is 0 Å². The molecule has 0 saturated heterocycles. The molecule has 1 rings (SSSR count). The van der Waals surface area contributed by atoms with Crippen LogP contribution in [-0.2, 0) is 7.05 Å². The lowest BCUT2D eigenvalue weighted by atomic mass is 10.0. The molecule has 0 radical (unpaired) electrons. The van der Waals surface area contributed by atoms with Crippen LogP contribution >= 0.6 is 0 Å². The molecule has 0 aromatic carbocycles. The van der Waals surface area contributed by atoms with Crippen LogP contribution in [0, 0.1) is 6.92 Å². The molecule has 1 heterocycles. The third-order valence-corrected chi connectivity index (χ3v) is 2.70.